The van der Waals surface area contributed by atoms with E-state index in [1.807, 2.05) is 0 Å². The van der Waals surface area contributed by atoms with E-state index >= 15 is 0 Å². The first-order valence-electron chi connectivity index (χ1n) is 9.51. The molecule has 6 nitrogen and oxygen atoms in total. The third kappa shape index (κ3) is 3.97. The minimum Gasteiger partial charge on any atom is -0.382 e. The zero-order valence-corrected chi connectivity index (χ0v) is 18.7. The number of aromatic nitrogens is 1. The summed E-state index contributed by atoms with van der Waals surface area (Å²) in [5.41, 5.74) is 0.695. The highest BCUT2D eigenvalue weighted by Gasteiger charge is 2.51. The normalized spacial score (nSPS) is 23.9. The fraction of sp³-hybridized carbons (Fsp3) is 0.526. The largest absolute Gasteiger partial charge is 0.382 e. The quantitative estimate of drug-likeness (QED) is 0.670. The molecule has 0 aliphatic carbocycles. The van der Waals surface area contributed by atoms with Crippen molar-refractivity contribution in [3.8, 4) is 0 Å². The van der Waals surface area contributed by atoms with Crippen molar-refractivity contribution in [3.63, 3.8) is 0 Å². The number of halogens is 2. The zero-order valence-electron chi connectivity index (χ0n) is 16.3. The maximum atomic E-state index is 14.9. The molecule has 1 unspecified atom stereocenters. The molecule has 0 radical (unpaired) electrons. The van der Waals surface area contributed by atoms with Gasteiger partial charge in [-0.2, -0.15) is 0 Å². The van der Waals surface area contributed by atoms with E-state index in [4.69, 9.17) is 11.6 Å². The maximum absolute atomic E-state index is 14.9. The molecule has 0 bridgehead atoms. The van der Waals surface area contributed by atoms with Gasteiger partial charge in [0.2, 0.25) is 0 Å². The second kappa shape index (κ2) is 7.37. The number of hydrogen-bond acceptors (Lipinski definition) is 6. The van der Waals surface area contributed by atoms with Gasteiger partial charge in [0.05, 0.1) is 5.69 Å². The highest BCUT2D eigenvalue weighted by Crippen LogP contribution is 2.47. The van der Waals surface area contributed by atoms with Crippen molar-refractivity contribution >= 4 is 43.8 Å². The van der Waals surface area contributed by atoms with Crippen LogP contribution in [0.15, 0.2) is 28.6 Å². The predicted octanol–water partition coefficient (Wildman–Crippen LogP) is 4.41. The Bertz CT molecular complexity index is 1010. The second-order valence-electron chi connectivity index (χ2n) is 8.63. The van der Waals surface area contributed by atoms with Gasteiger partial charge < -0.3 is 5.32 Å². The topological polar surface area (TPSA) is 74.3 Å². The third-order valence-electron chi connectivity index (χ3n) is 5.77. The lowest BCUT2D eigenvalue weighted by atomic mass is 9.82. The van der Waals surface area contributed by atoms with Crippen molar-refractivity contribution in [3.05, 3.63) is 34.5 Å². The molecule has 2 aliphatic rings. The summed E-state index contributed by atoms with van der Waals surface area (Å²) in [4.78, 5) is 5.89. The average Bonchev–Trinajstić information content (AvgIpc) is 3.30. The van der Waals surface area contributed by atoms with E-state index in [0.717, 1.165) is 43.7 Å². The smallest absolute Gasteiger partial charge is 0.266 e. The van der Waals surface area contributed by atoms with Gasteiger partial charge in [-0.15, -0.1) is 11.3 Å². The zero-order chi connectivity index (χ0) is 20.9. The van der Waals surface area contributed by atoms with Crippen LogP contribution < -0.4 is 10.0 Å². The first-order valence-corrected chi connectivity index (χ1v) is 12.3. The summed E-state index contributed by atoms with van der Waals surface area (Å²) in [6, 6.07) is 2.76. The Hall–Kier alpha value is -1.42. The number of benzene rings is 1. The minimum absolute atomic E-state index is 0.0421. The second-order valence-corrected chi connectivity index (χ2v) is 11.5. The summed E-state index contributed by atoms with van der Waals surface area (Å²) in [7, 11) is -4.11. The number of nitrogens with zero attached hydrogens (tertiary/aromatic N) is 2. The van der Waals surface area contributed by atoms with Crippen LogP contribution in [0.4, 0.5) is 15.2 Å². The molecule has 4 rings (SSSR count). The standard InChI is InChI=1S/C19H24ClFN4O2S2/c1-18(2)10-19(6-3-8-25(19)12-18)11-23-13-4-5-14(16(21)15(13)20)29(26,27)24-17-22-7-9-28-17/h4-5,7,9,23H,3,6,8,10-12H2,1-2H3,(H,22,24). The van der Waals surface area contributed by atoms with Crippen LogP contribution in [-0.2, 0) is 10.0 Å². The Morgan fingerprint density at radius 3 is 2.90 bits per heavy atom. The van der Waals surface area contributed by atoms with E-state index in [1.54, 1.807) is 5.38 Å². The summed E-state index contributed by atoms with van der Waals surface area (Å²) in [6.07, 6.45) is 4.78. The molecule has 1 aromatic heterocycles. The third-order valence-corrected chi connectivity index (χ3v) is 8.31. The van der Waals surface area contributed by atoms with Crippen LogP contribution in [0.3, 0.4) is 0 Å². The van der Waals surface area contributed by atoms with Gasteiger partial charge in [-0.05, 0) is 43.4 Å². The molecule has 29 heavy (non-hydrogen) atoms. The Balaban J connectivity index is 1.54. The molecule has 158 valence electrons. The molecule has 1 atom stereocenters. The van der Waals surface area contributed by atoms with Gasteiger partial charge in [0.25, 0.3) is 10.0 Å². The van der Waals surface area contributed by atoms with Gasteiger partial charge in [0, 0.05) is 30.2 Å². The van der Waals surface area contributed by atoms with Crippen molar-refractivity contribution in [2.75, 3.05) is 29.7 Å². The molecule has 0 spiro atoms. The first kappa shape index (κ1) is 20.8. The fourth-order valence-corrected chi connectivity index (χ4v) is 6.91. The Morgan fingerprint density at radius 1 is 1.38 bits per heavy atom. The number of rotatable bonds is 6. The molecule has 2 fully saturated rings. The lowest BCUT2D eigenvalue weighted by Crippen LogP contribution is -2.44. The van der Waals surface area contributed by atoms with Gasteiger partial charge in [0.1, 0.15) is 9.92 Å². The minimum atomic E-state index is -4.11. The number of sulfonamides is 1. The van der Waals surface area contributed by atoms with Crippen molar-refractivity contribution in [2.45, 2.75) is 43.5 Å². The Labute approximate surface area is 179 Å². The van der Waals surface area contributed by atoms with E-state index in [9.17, 15) is 12.8 Å². The summed E-state index contributed by atoms with van der Waals surface area (Å²) < 4.78 is 42.1. The molecule has 10 heteroatoms. The summed E-state index contributed by atoms with van der Waals surface area (Å²) in [5.74, 6) is -0.965. The number of fused-ring (bicyclic) bond motifs is 1. The first-order chi connectivity index (χ1) is 13.6. The van der Waals surface area contributed by atoms with Crippen molar-refractivity contribution in [2.24, 2.45) is 5.41 Å². The van der Waals surface area contributed by atoms with E-state index in [-0.39, 0.29) is 21.1 Å². The lowest BCUT2D eigenvalue weighted by molar-refractivity contribution is 0.209. The molecule has 2 aliphatic heterocycles. The Morgan fingerprint density at radius 2 is 2.17 bits per heavy atom. The summed E-state index contributed by atoms with van der Waals surface area (Å²) in [6.45, 7) is 7.33. The Kier molecular flexibility index (Phi) is 5.30. The monoisotopic (exact) mass is 458 g/mol. The highest BCUT2D eigenvalue weighted by molar-refractivity contribution is 7.93. The van der Waals surface area contributed by atoms with Crippen LogP contribution in [0.1, 0.15) is 33.1 Å². The number of nitrogens with one attached hydrogen (secondary N) is 2. The molecule has 0 saturated carbocycles. The maximum Gasteiger partial charge on any atom is 0.266 e. The lowest BCUT2D eigenvalue weighted by Gasteiger charge is -2.33. The van der Waals surface area contributed by atoms with Crippen LogP contribution in [0, 0.1) is 11.2 Å². The van der Waals surface area contributed by atoms with Crippen molar-refractivity contribution in [1.82, 2.24) is 9.88 Å². The van der Waals surface area contributed by atoms with Crippen LogP contribution in [-0.4, -0.2) is 43.5 Å². The van der Waals surface area contributed by atoms with Crippen LogP contribution in [0.2, 0.25) is 5.02 Å². The molecular weight excluding hydrogens is 435 g/mol. The molecule has 1 aromatic carbocycles. The highest BCUT2D eigenvalue weighted by atomic mass is 35.5. The van der Waals surface area contributed by atoms with Crippen LogP contribution in [0.5, 0.6) is 0 Å². The van der Waals surface area contributed by atoms with Crippen LogP contribution in [0.25, 0.3) is 0 Å². The van der Waals surface area contributed by atoms with Gasteiger partial charge >= 0.3 is 0 Å². The molecule has 2 saturated heterocycles. The average molecular weight is 459 g/mol. The molecular formula is C19H24ClFN4O2S2. The van der Waals surface area contributed by atoms with E-state index < -0.39 is 20.7 Å². The van der Waals surface area contributed by atoms with Crippen LogP contribution >= 0.6 is 22.9 Å². The van der Waals surface area contributed by atoms with Gasteiger partial charge in [-0.1, -0.05) is 25.4 Å². The van der Waals surface area contributed by atoms with Gasteiger partial charge in [-0.25, -0.2) is 17.8 Å². The van der Waals surface area contributed by atoms with Gasteiger partial charge in [-0.3, -0.25) is 9.62 Å². The van der Waals surface area contributed by atoms with Crippen molar-refractivity contribution in [1.29, 1.82) is 0 Å². The summed E-state index contributed by atoms with van der Waals surface area (Å²) >= 11 is 7.33. The van der Waals surface area contributed by atoms with Crippen molar-refractivity contribution < 1.29 is 12.8 Å². The predicted molar refractivity (Wildman–Crippen MR) is 115 cm³/mol. The molecule has 3 heterocycles. The van der Waals surface area contributed by atoms with Gasteiger partial charge in [0.15, 0.2) is 10.9 Å². The van der Waals surface area contributed by atoms with E-state index in [2.05, 4.69) is 33.8 Å². The molecule has 2 aromatic rings. The number of anilines is 2. The fourth-order valence-electron chi connectivity index (χ4n) is 4.75. The van der Waals surface area contributed by atoms with E-state index in [0.29, 0.717) is 12.2 Å². The SMILES string of the molecule is CC1(C)CN2CCCC2(CNc2ccc(S(=O)(=O)Nc3nccs3)c(F)c2Cl)C1. The molecule has 0 amide bonds. The molecule has 2 N–H and O–H groups in total. The number of hydrogen-bond donors (Lipinski definition) is 2. The number of thiazole rings is 1. The summed E-state index contributed by atoms with van der Waals surface area (Å²) in [5, 5.41) is 4.87. The van der Waals surface area contributed by atoms with E-state index in [1.165, 1.54) is 18.3 Å².